The van der Waals surface area contributed by atoms with Crippen LogP contribution in [0, 0.1) is 18.3 Å². The lowest BCUT2D eigenvalue weighted by atomic mass is 9.66. The summed E-state index contributed by atoms with van der Waals surface area (Å²) in [6.07, 6.45) is 0.394. The van der Waals surface area contributed by atoms with Crippen LogP contribution < -0.4 is 5.32 Å². The van der Waals surface area contributed by atoms with Gasteiger partial charge in [-0.15, -0.1) is 0 Å². The normalized spacial score (nSPS) is 21.5. The molecule has 32 heavy (non-hydrogen) atoms. The maximum atomic E-state index is 13.4. The van der Waals surface area contributed by atoms with Gasteiger partial charge in [-0.2, -0.15) is 5.10 Å². The first kappa shape index (κ1) is 24.3. The van der Waals surface area contributed by atoms with Crippen LogP contribution in [0.15, 0.2) is 30.3 Å². The number of aromatic nitrogens is 2. The molecule has 0 bridgehead atoms. The molecule has 1 fully saturated rings. The van der Waals surface area contributed by atoms with E-state index in [1.807, 2.05) is 46.8 Å². The number of rotatable bonds is 5. The van der Waals surface area contributed by atoms with Crippen molar-refractivity contribution in [2.45, 2.75) is 52.7 Å². The van der Waals surface area contributed by atoms with Crippen molar-refractivity contribution in [2.24, 2.45) is 18.4 Å². The van der Waals surface area contributed by atoms with Crippen LogP contribution in [0.25, 0.3) is 0 Å². The predicted molar refractivity (Wildman–Crippen MR) is 124 cm³/mol. The summed E-state index contributed by atoms with van der Waals surface area (Å²) in [6.45, 7) is 10.4. The highest BCUT2D eigenvalue weighted by Crippen LogP contribution is 2.46. The minimum Gasteiger partial charge on any atom is -0.384 e. The van der Waals surface area contributed by atoms with E-state index in [0.717, 1.165) is 11.3 Å². The highest BCUT2D eigenvalue weighted by atomic mass is 35.5. The molecule has 1 aromatic carbocycles. The molecule has 2 heterocycles. The summed E-state index contributed by atoms with van der Waals surface area (Å²) >= 11 is 6.02. The Morgan fingerprint density at radius 2 is 1.84 bits per heavy atom. The molecule has 0 spiro atoms. The van der Waals surface area contributed by atoms with Gasteiger partial charge in [0.25, 0.3) is 5.91 Å². The minimum absolute atomic E-state index is 0.101. The molecule has 2 aromatic rings. The lowest BCUT2D eigenvalue weighted by Crippen LogP contribution is -2.60. The first-order valence-electron chi connectivity index (χ1n) is 10.9. The number of hydrogen-bond acceptors (Lipinski definition) is 4. The lowest BCUT2D eigenvalue weighted by Gasteiger charge is -2.51. The number of amides is 2. The molecule has 1 aliphatic heterocycles. The van der Waals surface area contributed by atoms with E-state index in [9.17, 15) is 14.7 Å². The molecule has 2 N–H and O–H groups in total. The van der Waals surface area contributed by atoms with Crippen LogP contribution in [-0.4, -0.2) is 50.7 Å². The molecule has 1 aromatic heterocycles. The molecule has 174 valence electrons. The van der Waals surface area contributed by atoms with E-state index in [-0.39, 0.29) is 17.7 Å². The number of halogens is 1. The number of aliphatic hydroxyl groups is 1. The Balaban J connectivity index is 1.77. The molecule has 1 aliphatic rings. The van der Waals surface area contributed by atoms with Crippen LogP contribution in [0.4, 0.5) is 0 Å². The van der Waals surface area contributed by atoms with Crippen molar-refractivity contribution in [3.8, 4) is 0 Å². The van der Waals surface area contributed by atoms with Gasteiger partial charge < -0.3 is 15.3 Å². The van der Waals surface area contributed by atoms with Gasteiger partial charge in [-0.05, 0) is 43.0 Å². The number of nitrogens with zero attached hydrogens (tertiary/aromatic N) is 3. The fraction of sp³-hybridized carbons (Fsp3) is 0.542. The second-order valence-corrected chi connectivity index (χ2v) is 10.2. The number of aryl methyl sites for hydroxylation is 2. The van der Waals surface area contributed by atoms with Crippen LogP contribution in [0.1, 0.15) is 55.9 Å². The van der Waals surface area contributed by atoms with Gasteiger partial charge in [0.05, 0.1) is 5.60 Å². The number of nitrogens with one attached hydrogen (secondary N) is 1. The Morgan fingerprint density at radius 1 is 1.22 bits per heavy atom. The van der Waals surface area contributed by atoms with E-state index in [4.69, 9.17) is 11.6 Å². The second kappa shape index (κ2) is 8.87. The first-order valence-corrected chi connectivity index (χ1v) is 11.3. The highest BCUT2D eigenvalue weighted by molar-refractivity contribution is 6.30. The Hall–Kier alpha value is -2.38. The molecule has 2 atom stereocenters. The Bertz CT molecular complexity index is 980. The zero-order valence-corrected chi connectivity index (χ0v) is 20.4. The molecule has 8 heteroatoms. The maximum Gasteiger partial charge on any atom is 0.272 e. The van der Waals surface area contributed by atoms with Crippen LogP contribution in [0.2, 0.25) is 5.02 Å². The minimum atomic E-state index is -1.09. The Morgan fingerprint density at radius 3 is 2.34 bits per heavy atom. The maximum absolute atomic E-state index is 13.4. The zero-order valence-electron chi connectivity index (χ0n) is 19.6. The van der Waals surface area contributed by atoms with Gasteiger partial charge in [0.2, 0.25) is 5.91 Å². The van der Waals surface area contributed by atoms with Crippen LogP contribution in [0.5, 0.6) is 0 Å². The number of carbonyl (C=O) groups is 2. The van der Waals surface area contributed by atoms with Crippen molar-refractivity contribution in [3.63, 3.8) is 0 Å². The predicted octanol–water partition coefficient (Wildman–Crippen LogP) is 3.28. The van der Waals surface area contributed by atoms with Crippen molar-refractivity contribution < 1.29 is 14.7 Å². The van der Waals surface area contributed by atoms with Gasteiger partial charge in [0.15, 0.2) is 0 Å². The second-order valence-electron chi connectivity index (χ2n) is 9.75. The summed E-state index contributed by atoms with van der Waals surface area (Å²) in [5, 5.41) is 19.3. The van der Waals surface area contributed by atoms with Gasteiger partial charge in [-0.3, -0.25) is 14.3 Å². The van der Waals surface area contributed by atoms with E-state index in [1.54, 1.807) is 34.8 Å². The molecular weight excluding hydrogens is 428 g/mol. The average Bonchev–Trinajstić information content (AvgIpc) is 3.06. The summed E-state index contributed by atoms with van der Waals surface area (Å²) in [7, 11) is 1.77. The Kier molecular flexibility index (Phi) is 6.72. The third-order valence-electron chi connectivity index (χ3n) is 6.65. The zero-order chi connectivity index (χ0) is 23.8. The Labute approximate surface area is 194 Å². The molecule has 0 unspecified atom stereocenters. The van der Waals surface area contributed by atoms with Crippen molar-refractivity contribution >= 4 is 23.4 Å². The monoisotopic (exact) mass is 460 g/mol. The lowest BCUT2D eigenvalue weighted by molar-refractivity contribution is -0.155. The first-order chi connectivity index (χ1) is 14.9. The molecular formula is C24H33ClN4O3. The molecule has 1 saturated heterocycles. The molecule has 0 aliphatic carbocycles. The highest BCUT2D eigenvalue weighted by Gasteiger charge is 2.50. The summed E-state index contributed by atoms with van der Waals surface area (Å²) in [5.41, 5.74) is 0.258. The van der Waals surface area contributed by atoms with E-state index in [1.165, 1.54) is 0 Å². The fourth-order valence-corrected chi connectivity index (χ4v) is 4.49. The van der Waals surface area contributed by atoms with Crippen LogP contribution in [-0.2, 0) is 17.4 Å². The summed E-state index contributed by atoms with van der Waals surface area (Å²) < 4.78 is 1.63. The fourth-order valence-electron chi connectivity index (χ4n) is 4.37. The van der Waals surface area contributed by atoms with Crippen LogP contribution in [0.3, 0.4) is 0 Å². The van der Waals surface area contributed by atoms with Crippen molar-refractivity contribution in [1.82, 2.24) is 20.0 Å². The number of piperidine rings is 1. The quantitative estimate of drug-likeness (QED) is 0.716. The summed E-state index contributed by atoms with van der Waals surface area (Å²) in [4.78, 5) is 27.9. The molecule has 2 amide bonds. The third kappa shape index (κ3) is 4.55. The van der Waals surface area contributed by atoms with Crippen LogP contribution >= 0.6 is 11.6 Å². The topological polar surface area (TPSA) is 87.5 Å². The summed E-state index contributed by atoms with van der Waals surface area (Å²) in [5.74, 6) is -0.613. The van der Waals surface area contributed by atoms with Crippen molar-refractivity contribution in [2.75, 3.05) is 13.1 Å². The van der Waals surface area contributed by atoms with E-state index >= 15 is 0 Å². The van der Waals surface area contributed by atoms with Gasteiger partial charge in [0.1, 0.15) is 11.7 Å². The molecule has 0 radical (unpaired) electrons. The number of hydrogen-bond donors (Lipinski definition) is 2. The largest absolute Gasteiger partial charge is 0.384 e. The molecule has 7 nitrogen and oxygen atoms in total. The standard InChI is InChI=1S/C24H33ClN4O3/c1-15(2)20(26-21(30)19-13-16(3)28(6)27-19)22(31)29-12-11-24(32,23(4,5)14-29)17-7-9-18(25)10-8-17/h7-10,13,15,20,32H,11-12,14H2,1-6H3,(H,26,30)/t20-,24+/m1/s1. The van der Waals surface area contributed by atoms with E-state index in [0.29, 0.717) is 30.2 Å². The summed E-state index contributed by atoms with van der Waals surface area (Å²) in [6, 6.07) is 8.25. The van der Waals surface area contributed by atoms with Crippen molar-refractivity contribution in [1.29, 1.82) is 0 Å². The van der Waals surface area contributed by atoms with Gasteiger partial charge >= 0.3 is 0 Å². The van der Waals surface area contributed by atoms with Gasteiger partial charge in [-0.25, -0.2) is 0 Å². The van der Waals surface area contributed by atoms with Gasteiger partial charge in [0, 0.05) is 36.3 Å². The SMILES string of the molecule is Cc1cc(C(=O)N[C@@H](C(=O)N2CC[C@](O)(c3ccc(Cl)cc3)C(C)(C)C2)C(C)C)nn1C. The average molecular weight is 461 g/mol. The third-order valence-corrected chi connectivity index (χ3v) is 6.90. The number of benzene rings is 1. The van der Waals surface area contributed by atoms with Crippen molar-refractivity contribution in [3.05, 3.63) is 52.3 Å². The number of likely N-dealkylation sites (tertiary alicyclic amines) is 1. The number of carbonyl (C=O) groups excluding carboxylic acids is 2. The molecule has 3 rings (SSSR count). The smallest absolute Gasteiger partial charge is 0.272 e. The van der Waals surface area contributed by atoms with E-state index in [2.05, 4.69) is 10.4 Å². The van der Waals surface area contributed by atoms with Gasteiger partial charge in [-0.1, -0.05) is 51.4 Å². The van der Waals surface area contributed by atoms with E-state index < -0.39 is 17.1 Å². The molecule has 0 saturated carbocycles.